The van der Waals surface area contributed by atoms with Crippen LogP contribution in [-0.4, -0.2) is 66.4 Å². The van der Waals surface area contributed by atoms with Gasteiger partial charge >= 0.3 is 0 Å². The average Bonchev–Trinajstić information content (AvgIpc) is 2.92. The number of hydrogen-bond donors (Lipinski definition) is 5. The van der Waals surface area contributed by atoms with Crippen LogP contribution in [0.4, 0.5) is 5.69 Å². The highest BCUT2D eigenvalue weighted by Gasteiger charge is 2.21. The number of rotatable bonds is 11. The molecular formula is C27H37N7O3. The maximum Gasteiger partial charge on any atom is 0.243 e. The topological polar surface area (TPSA) is 169 Å². The van der Waals surface area contributed by atoms with Gasteiger partial charge in [-0.1, -0.05) is 55.5 Å². The number of amides is 3. The van der Waals surface area contributed by atoms with Crippen LogP contribution in [0.1, 0.15) is 18.9 Å². The molecule has 1 heterocycles. The zero-order valence-electron chi connectivity index (χ0n) is 21.2. The zero-order chi connectivity index (χ0) is 27.0. The molecule has 10 nitrogen and oxygen atoms in total. The number of para-hydroxylation sites is 1. The molecule has 3 aromatic rings. The van der Waals surface area contributed by atoms with Gasteiger partial charge < -0.3 is 32.7 Å². The molecule has 0 saturated heterocycles. The molecule has 37 heavy (non-hydrogen) atoms. The van der Waals surface area contributed by atoms with Crippen molar-refractivity contribution in [3.63, 3.8) is 0 Å². The first-order chi connectivity index (χ1) is 17.9. The van der Waals surface area contributed by atoms with E-state index in [0.717, 1.165) is 17.3 Å². The van der Waals surface area contributed by atoms with Gasteiger partial charge in [0.2, 0.25) is 17.7 Å². The highest BCUT2D eigenvalue weighted by Crippen LogP contribution is 2.15. The third kappa shape index (κ3) is 10.3. The summed E-state index contributed by atoms with van der Waals surface area (Å²) in [5, 5.41) is 5.98. The zero-order valence-corrected chi connectivity index (χ0v) is 21.2. The number of pyridine rings is 1. The third-order valence-corrected chi connectivity index (χ3v) is 5.43. The second-order valence-corrected chi connectivity index (χ2v) is 8.29. The molecule has 1 aromatic heterocycles. The molecule has 0 saturated carbocycles. The SMILES string of the molecule is CCc1ccccc1.NCCN(CCN)C(=O)CC(N)C(=O)NCC(=O)Nc1cnc2ccccc2c1. The molecule has 0 bridgehead atoms. The van der Waals surface area contributed by atoms with Crippen molar-refractivity contribution in [2.24, 2.45) is 17.2 Å². The molecule has 0 aliphatic carbocycles. The maximum absolute atomic E-state index is 12.2. The van der Waals surface area contributed by atoms with Crippen molar-refractivity contribution in [2.75, 3.05) is 38.0 Å². The minimum absolute atomic E-state index is 0.192. The second kappa shape index (κ2) is 16.0. The van der Waals surface area contributed by atoms with Crippen LogP contribution in [0.3, 0.4) is 0 Å². The molecule has 3 amide bonds. The van der Waals surface area contributed by atoms with E-state index in [1.54, 1.807) is 6.07 Å². The predicted octanol–water partition coefficient (Wildman–Crippen LogP) is 1.00. The first-order valence-electron chi connectivity index (χ1n) is 12.3. The molecule has 3 rings (SSSR count). The predicted molar refractivity (Wildman–Crippen MR) is 146 cm³/mol. The van der Waals surface area contributed by atoms with Crippen LogP contribution in [0, 0.1) is 0 Å². The van der Waals surface area contributed by atoms with Gasteiger partial charge in [0.15, 0.2) is 0 Å². The third-order valence-electron chi connectivity index (χ3n) is 5.43. The van der Waals surface area contributed by atoms with Crippen LogP contribution in [0.15, 0.2) is 66.9 Å². The molecule has 0 aliphatic rings. The van der Waals surface area contributed by atoms with E-state index in [2.05, 4.69) is 46.8 Å². The van der Waals surface area contributed by atoms with E-state index in [-0.39, 0.29) is 32.0 Å². The van der Waals surface area contributed by atoms with Crippen molar-refractivity contribution in [1.82, 2.24) is 15.2 Å². The first kappa shape index (κ1) is 29.4. The molecule has 0 aliphatic heterocycles. The number of aromatic nitrogens is 1. The van der Waals surface area contributed by atoms with Gasteiger partial charge in [-0.25, -0.2) is 0 Å². The summed E-state index contributed by atoms with van der Waals surface area (Å²) in [6.07, 6.45) is 2.48. The Morgan fingerprint density at radius 2 is 1.62 bits per heavy atom. The normalized spacial score (nSPS) is 11.1. The molecule has 0 spiro atoms. The van der Waals surface area contributed by atoms with E-state index in [1.165, 1.54) is 16.7 Å². The fourth-order valence-electron chi connectivity index (χ4n) is 3.44. The van der Waals surface area contributed by atoms with Gasteiger partial charge in [0.05, 0.1) is 36.4 Å². The number of anilines is 1. The highest BCUT2D eigenvalue weighted by molar-refractivity contribution is 5.97. The molecular weight excluding hydrogens is 470 g/mol. The minimum atomic E-state index is -1.07. The van der Waals surface area contributed by atoms with E-state index in [1.807, 2.05) is 30.3 Å². The summed E-state index contributed by atoms with van der Waals surface area (Å²) in [5.74, 6) is -1.33. The van der Waals surface area contributed by atoms with E-state index >= 15 is 0 Å². The Morgan fingerprint density at radius 1 is 0.973 bits per heavy atom. The monoisotopic (exact) mass is 507 g/mol. The Balaban J connectivity index is 0.000000510. The summed E-state index contributed by atoms with van der Waals surface area (Å²) in [5.41, 5.74) is 19.5. The quantitative estimate of drug-likeness (QED) is 0.258. The van der Waals surface area contributed by atoms with Gasteiger partial charge in [-0.15, -0.1) is 0 Å². The number of carbonyl (C=O) groups excluding carboxylic acids is 3. The molecule has 198 valence electrons. The highest BCUT2D eigenvalue weighted by atomic mass is 16.2. The smallest absolute Gasteiger partial charge is 0.243 e. The van der Waals surface area contributed by atoms with Crippen molar-refractivity contribution >= 4 is 34.3 Å². The van der Waals surface area contributed by atoms with E-state index in [9.17, 15) is 14.4 Å². The molecule has 8 N–H and O–H groups in total. The van der Waals surface area contributed by atoms with E-state index < -0.39 is 17.9 Å². The number of fused-ring (bicyclic) bond motifs is 1. The summed E-state index contributed by atoms with van der Waals surface area (Å²) < 4.78 is 0. The minimum Gasteiger partial charge on any atom is -0.346 e. The molecule has 1 unspecified atom stereocenters. The molecule has 2 aromatic carbocycles. The lowest BCUT2D eigenvalue weighted by Gasteiger charge is -2.22. The lowest BCUT2D eigenvalue weighted by atomic mass is 10.2. The summed E-state index contributed by atoms with van der Waals surface area (Å²) in [4.78, 5) is 42.1. The summed E-state index contributed by atoms with van der Waals surface area (Å²) in [6, 6.07) is 18.7. The largest absolute Gasteiger partial charge is 0.346 e. The summed E-state index contributed by atoms with van der Waals surface area (Å²) in [7, 11) is 0. The van der Waals surface area contributed by atoms with Crippen molar-refractivity contribution < 1.29 is 14.4 Å². The summed E-state index contributed by atoms with van der Waals surface area (Å²) in [6.45, 7) is 3.14. The van der Waals surface area contributed by atoms with Crippen molar-refractivity contribution in [2.45, 2.75) is 25.8 Å². The molecule has 10 heteroatoms. The van der Waals surface area contributed by atoms with Crippen LogP contribution < -0.4 is 27.8 Å². The van der Waals surface area contributed by atoms with E-state index in [0.29, 0.717) is 18.8 Å². The van der Waals surface area contributed by atoms with Crippen LogP contribution in [-0.2, 0) is 20.8 Å². The van der Waals surface area contributed by atoms with Gasteiger partial charge in [0.25, 0.3) is 0 Å². The average molecular weight is 508 g/mol. The van der Waals surface area contributed by atoms with Crippen LogP contribution in [0.5, 0.6) is 0 Å². The van der Waals surface area contributed by atoms with Crippen LogP contribution >= 0.6 is 0 Å². The van der Waals surface area contributed by atoms with Gasteiger partial charge in [-0.2, -0.15) is 0 Å². The Hall–Kier alpha value is -3.86. The Bertz CT molecular complexity index is 1140. The van der Waals surface area contributed by atoms with Crippen molar-refractivity contribution in [3.8, 4) is 0 Å². The molecule has 0 fully saturated rings. The summed E-state index contributed by atoms with van der Waals surface area (Å²) >= 11 is 0. The lowest BCUT2D eigenvalue weighted by Crippen LogP contribution is -2.47. The molecule has 1 atom stereocenters. The fraction of sp³-hybridized carbons (Fsp3) is 0.333. The number of nitrogens with two attached hydrogens (primary N) is 3. The van der Waals surface area contributed by atoms with Gasteiger partial charge in [0.1, 0.15) is 0 Å². The van der Waals surface area contributed by atoms with Gasteiger partial charge in [-0.05, 0) is 24.1 Å². The Labute approximate surface area is 217 Å². The van der Waals surface area contributed by atoms with Gasteiger partial charge in [0, 0.05) is 31.6 Å². The van der Waals surface area contributed by atoms with E-state index in [4.69, 9.17) is 17.2 Å². The maximum atomic E-state index is 12.2. The van der Waals surface area contributed by atoms with Crippen molar-refractivity contribution in [3.05, 3.63) is 72.4 Å². The Kier molecular flexibility index (Phi) is 12.7. The standard InChI is InChI=1S/C19H27N7O3.C8H10/c20-5-7-26(8-6-21)18(28)10-15(22)19(29)24-12-17(27)25-14-9-13-3-1-2-4-16(13)23-11-14;1-2-8-6-4-3-5-7-8/h1-4,9,11,15H,5-8,10,12,20-22H2,(H,24,29)(H,25,27);3-7H,2H2,1H3. The number of benzene rings is 2. The number of carbonyl (C=O) groups is 3. The number of nitrogens with zero attached hydrogens (tertiary/aromatic N) is 2. The fourth-order valence-corrected chi connectivity index (χ4v) is 3.44. The van der Waals surface area contributed by atoms with Gasteiger partial charge in [-0.3, -0.25) is 19.4 Å². The molecule has 0 radical (unpaired) electrons. The first-order valence-corrected chi connectivity index (χ1v) is 12.3. The van der Waals surface area contributed by atoms with Crippen LogP contribution in [0.25, 0.3) is 10.9 Å². The number of aryl methyl sites for hydroxylation is 1. The number of hydrogen-bond acceptors (Lipinski definition) is 7. The number of nitrogens with one attached hydrogen (secondary N) is 2. The van der Waals surface area contributed by atoms with Crippen molar-refractivity contribution in [1.29, 1.82) is 0 Å². The Morgan fingerprint density at radius 3 is 2.24 bits per heavy atom. The lowest BCUT2D eigenvalue weighted by molar-refractivity contribution is -0.134. The second-order valence-electron chi connectivity index (χ2n) is 8.29. The van der Waals surface area contributed by atoms with Crippen LogP contribution in [0.2, 0.25) is 0 Å².